The molecule has 0 spiro atoms. The van der Waals surface area contributed by atoms with Gasteiger partial charge in [0.2, 0.25) is 5.78 Å². The van der Waals surface area contributed by atoms with Crippen molar-refractivity contribution in [3.63, 3.8) is 0 Å². The highest BCUT2D eigenvalue weighted by Gasteiger charge is 2.29. The fourth-order valence-corrected chi connectivity index (χ4v) is 6.18. The summed E-state index contributed by atoms with van der Waals surface area (Å²) in [5.41, 5.74) is 3.26. The van der Waals surface area contributed by atoms with Crippen LogP contribution in [0.3, 0.4) is 0 Å². The maximum absolute atomic E-state index is 13.9. The average molecular weight is 467 g/mol. The molecule has 0 N–H and O–H groups in total. The van der Waals surface area contributed by atoms with Gasteiger partial charge in [-0.2, -0.15) is 0 Å². The Morgan fingerprint density at radius 1 is 1.31 bits per heavy atom. The Morgan fingerprint density at radius 3 is 2.81 bits per heavy atom. The van der Waals surface area contributed by atoms with Crippen LogP contribution in [-0.4, -0.2) is 31.0 Å². The van der Waals surface area contributed by atoms with Crippen molar-refractivity contribution in [1.82, 2.24) is 19.2 Å². The Bertz CT molecular complexity index is 1370. The molecule has 0 saturated heterocycles. The van der Waals surface area contributed by atoms with Crippen LogP contribution in [-0.2, 0) is 24.3 Å². The summed E-state index contributed by atoms with van der Waals surface area (Å²) in [5, 5.41) is 10.5. The molecule has 6 nitrogen and oxygen atoms in total. The van der Waals surface area contributed by atoms with Crippen LogP contribution in [0.4, 0.5) is 0 Å². The molecule has 5 rings (SSSR count). The van der Waals surface area contributed by atoms with Crippen LogP contribution in [0, 0.1) is 5.92 Å². The van der Waals surface area contributed by atoms with Crippen molar-refractivity contribution in [2.45, 2.75) is 51.6 Å². The van der Waals surface area contributed by atoms with E-state index in [2.05, 4.69) is 35.0 Å². The van der Waals surface area contributed by atoms with Crippen LogP contribution >= 0.6 is 23.1 Å². The van der Waals surface area contributed by atoms with E-state index in [1.807, 2.05) is 37.3 Å². The van der Waals surface area contributed by atoms with Crippen molar-refractivity contribution in [2.24, 2.45) is 5.92 Å². The summed E-state index contributed by atoms with van der Waals surface area (Å²) in [5.74, 6) is 1.73. The van der Waals surface area contributed by atoms with Gasteiger partial charge in [-0.25, -0.2) is 4.40 Å². The van der Waals surface area contributed by atoms with Gasteiger partial charge in [0, 0.05) is 17.1 Å². The van der Waals surface area contributed by atoms with E-state index in [4.69, 9.17) is 4.74 Å². The molecule has 1 aliphatic heterocycles. The number of aromatic nitrogens is 4. The maximum atomic E-state index is 13.9. The van der Waals surface area contributed by atoms with Crippen LogP contribution in [0.15, 0.2) is 52.4 Å². The van der Waals surface area contributed by atoms with Crippen LogP contribution < -0.4 is 5.56 Å². The molecule has 1 aliphatic rings. The lowest BCUT2D eigenvalue weighted by atomic mass is 9.96. The van der Waals surface area contributed by atoms with Gasteiger partial charge in [-0.05, 0) is 24.0 Å². The number of thiophene rings is 1. The van der Waals surface area contributed by atoms with Crippen LogP contribution in [0.2, 0.25) is 0 Å². The maximum Gasteiger partial charge on any atom is 0.264 e. The first-order chi connectivity index (χ1) is 15.4. The summed E-state index contributed by atoms with van der Waals surface area (Å²) in [6.45, 7) is 11.4. The van der Waals surface area contributed by atoms with Crippen LogP contribution in [0.25, 0.3) is 16.0 Å². The van der Waals surface area contributed by atoms with Gasteiger partial charge in [0.05, 0.1) is 24.6 Å². The molecule has 4 aromatic rings. The van der Waals surface area contributed by atoms with E-state index in [0.29, 0.717) is 24.8 Å². The summed E-state index contributed by atoms with van der Waals surface area (Å²) in [7, 11) is 0. The quantitative estimate of drug-likeness (QED) is 0.298. The van der Waals surface area contributed by atoms with E-state index in [1.54, 1.807) is 27.7 Å². The van der Waals surface area contributed by atoms with Gasteiger partial charge < -0.3 is 4.74 Å². The Balaban J connectivity index is 1.76. The first-order valence-corrected chi connectivity index (χ1v) is 12.6. The molecule has 1 aromatic carbocycles. The van der Waals surface area contributed by atoms with Crippen molar-refractivity contribution < 1.29 is 4.74 Å². The SMILES string of the molecule is C=C(C)CSc1nnc2n(Cc3ccccc3)c(=O)c3c4c(sc3n12)COC(C(C)C)C4. The third-order valence-electron chi connectivity index (χ3n) is 5.80. The smallest absolute Gasteiger partial charge is 0.264 e. The fourth-order valence-electron chi connectivity index (χ4n) is 4.11. The monoisotopic (exact) mass is 466 g/mol. The lowest BCUT2D eigenvalue weighted by molar-refractivity contribution is 0.00200. The third kappa shape index (κ3) is 3.70. The highest BCUT2D eigenvalue weighted by atomic mass is 32.2. The Morgan fingerprint density at radius 2 is 2.09 bits per heavy atom. The molecule has 1 atom stereocenters. The summed E-state index contributed by atoms with van der Waals surface area (Å²) >= 11 is 3.24. The van der Waals surface area contributed by atoms with Gasteiger partial charge in [-0.1, -0.05) is 68.1 Å². The van der Waals surface area contributed by atoms with Gasteiger partial charge >= 0.3 is 0 Å². The minimum absolute atomic E-state index is 0.00195. The van der Waals surface area contributed by atoms with Crippen LogP contribution in [0.5, 0.6) is 0 Å². The number of nitrogens with zero attached hydrogens (tertiary/aromatic N) is 4. The van der Waals surface area contributed by atoms with E-state index < -0.39 is 0 Å². The number of rotatable bonds is 6. The van der Waals surface area contributed by atoms with Gasteiger partial charge in [0.25, 0.3) is 5.56 Å². The standard InChI is InChI=1S/C24H26N4O2S2/c1-14(2)13-31-24-26-25-23-27(11-16-8-6-5-7-9-16)21(29)20-17-10-18(15(3)4)30-12-19(17)32-22(20)28(23)24/h5-9,15,18H,1,10-13H2,2-4H3. The molecule has 0 radical (unpaired) electrons. The molecule has 1 unspecified atom stereocenters. The molecule has 3 aromatic heterocycles. The topological polar surface area (TPSA) is 61.4 Å². The van der Waals surface area contributed by atoms with E-state index in [-0.39, 0.29) is 11.7 Å². The zero-order valence-electron chi connectivity index (χ0n) is 18.5. The van der Waals surface area contributed by atoms with Gasteiger partial charge in [-0.3, -0.25) is 9.36 Å². The zero-order chi connectivity index (χ0) is 22.4. The van der Waals surface area contributed by atoms with E-state index >= 15 is 0 Å². The first-order valence-electron chi connectivity index (χ1n) is 10.8. The Kier molecular flexibility index (Phi) is 5.69. The Labute approximate surface area is 194 Å². The summed E-state index contributed by atoms with van der Waals surface area (Å²) in [4.78, 5) is 15.9. The van der Waals surface area contributed by atoms with Crippen molar-refractivity contribution in [3.8, 4) is 0 Å². The van der Waals surface area contributed by atoms with Crippen molar-refractivity contribution >= 4 is 39.1 Å². The molecular formula is C24H26N4O2S2. The average Bonchev–Trinajstić information content (AvgIpc) is 3.36. The minimum atomic E-state index is 0.00195. The number of thioether (sulfide) groups is 1. The van der Waals surface area contributed by atoms with Crippen LogP contribution in [0.1, 0.15) is 36.8 Å². The number of benzene rings is 1. The zero-order valence-corrected chi connectivity index (χ0v) is 20.1. The second-order valence-corrected chi connectivity index (χ2v) is 10.7. The molecular weight excluding hydrogens is 440 g/mol. The fraction of sp³-hybridized carbons (Fsp3) is 0.375. The number of hydrogen-bond acceptors (Lipinski definition) is 6. The van der Waals surface area contributed by atoms with Gasteiger partial charge in [-0.15, -0.1) is 21.5 Å². The van der Waals surface area contributed by atoms with Crippen molar-refractivity contribution in [3.05, 3.63) is 68.8 Å². The largest absolute Gasteiger partial charge is 0.372 e. The molecule has 8 heteroatoms. The highest BCUT2D eigenvalue weighted by Crippen LogP contribution is 2.37. The van der Waals surface area contributed by atoms with Crippen molar-refractivity contribution in [1.29, 1.82) is 0 Å². The molecule has 4 heterocycles. The molecule has 0 saturated carbocycles. The summed E-state index contributed by atoms with van der Waals surface area (Å²) < 4.78 is 9.93. The minimum Gasteiger partial charge on any atom is -0.372 e. The second kappa shape index (κ2) is 8.50. The molecule has 166 valence electrons. The first kappa shape index (κ1) is 21.4. The van der Waals surface area contributed by atoms with E-state index in [1.165, 1.54) is 0 Å². The lowest BCUT2D eigenvalue weighted by Crippen LogP contribution is -2.28. The number of fused-ring (bicyclic) bond motifs is 5. The summed E-state index contributed by atoms with van der Waals surface area (Å²) in [6.07, 6.45) is 0.881. The molecule has 32 heavy (non-hydrogen) atoms. The Hall–Kier alpha value is -2.42. The third-order valence-corrected chi connectivity index (χ3v) is 8.15. The number of hydrogen-bond donors (Lipinski definition) is 0. The van der Waals surface area contributed by atoms with E-state index in [0.717, 1.165) is 49.1 Å². The predicted octanol–water partition coefficient (Wildman–Crippen LogP) is 4.92. The number of ether oxygens (including phenoxy) is 1. The molecule has 0 amide bonds. The summed E-state index contributed by atoms with van der Waals surface area (Å²) in [6, 6.07) is 10.0. The van der Waals surface area contributed by atoms with Gasteiger partial charge in [0.1, 0.15) is 4.83 Å². The molecule has 0 fully saturated rings. The normalized spacial score (nSPS) is 16.2. The van der Waals surface area contributed by atoms with E-state index in [9.17, 15) is 4.79 Å². The second-order valence-electron chi connectivity index (χ2n) is 8.72. The highest BCUT2D eigenvalue weighted by molar-refractivity contribution is 7.99. The molecule has 0 aliphatic carbocycles. The lowest BCUT2D eigenvalue weighted by Gasteiger charge is -2.26. The predicted molar refractivity (Wildman–Crippen MR) is 131 cm³/mol. The van der Waals surface area contributed by atoms with Gasteiger partial charge in [0.15, 0.2) is 5.16 Å². The van der Waals surface area contributed by atoms with Crippen molar-refractivity contribution in [2.75, 3.05) is 5.75 Å². The molecule has 0 bridgehead atoms.